The van der Waals surface area contributed by atoms with Gasteiger partial charge >= 0.3 is 0 Å². The number of hydrogen-bond acceptors (Lipinski definition) is 3. The molecule has 0 unspecified atom stereocenters. The normalized spacial score (nSPS) is 23.9. The van der Waals surface area contributed by atoms with Crippen LogP contribution in [-0.4, -0.2) is 41.9 Å². The third-order valence-corrected chi connectivity index (χ3v) is 6.61. The first-order valence-electron chi connectivity index (χ1n) is 9.91. The van der Waals surface area contributed by atoms with Crippen LogP contribution in [0, 0.1) is 12.3 Å². The fraction of sp³-hybridized carbons (Fsp3) is 0.619. The van der Waals surface area contributed by atoms with Crippen LogP contribution in [0.1, 0.15) is 50.5 Å². The third-order valence-electron chi connectivity index (χ3n) is 6.61. The third kappa shape index (κ3) is 3.19. The maximum atomic E-state index is 13.4. The van der Waals surface area contributed by atoms with Gasteiger partial charge in [0.15, 0.2) is 0 Å². The zero-order valence-corrected chi connectivity index (χ0v) is 15.6. The lowest BCUT2D eigenvalue weighted by molar-refractivity contribution is -0.138. The number of nitrogens with zero attached hydrogens (tertiary/aromatic N) is 1. The molecular formula is C21H29N3O2. The van der Waals surface area contributed by atoms with Crippen molar-refractivity contribution in [1.82, 2.24) is 10.2 Å². The lowest BCUT2D eigenvalue weighted by Gasteiger charge is -2.42. The van der Waals surface area contributed by atoms with Crippen molar-refractivity contribution < 1.29 is 9.59 Å². The molecule has 2 aliphatic heterocycles. The summed E-state index contributed by atoms with van der Waals surface area (Å²) < 4.78 is 0. The molecule has 2 amide bonds. The Balaban J connectivity index is 1.46. The quantitative estimate of drug-likeness (QED) is 0.876. The van der Waals surface area contributed by atoms with E-state index in [2.05, 4.69) is 41.8 Å². The van der Waals surface area contributed by atoms with E-state index >= 15 is 0 Å². The first-order valence-corrected chi connectivity index (χ1v) is 9.91. The van der Waals surface area contributed by atoms with Crippen LogP contribution in [0.5, 0.6) is 0 Å². The highest BCUT2D eigenvalue weighted by Crippen LogP contribution is 2.40. The van der Waals surface area contributed by atoms with Crippen molar-refractivity contribution in [2.75, 3.05) is 25.0 Å². The van der Waals surface area contributed by atoms with E-state index in [-0.39, 0.29) is 17.2 Å². The summed E-state index contributed by atoms with van der Waals surface area (Å²) in [5, 5.41) is 6.56. The van der Waals surface area contributed by atoms with Gasteiger partial charge in [0, 0.05) is 31.7 Å². The summed E-state index contributed by atoms with van der Waals surface area (Å²) >= 11 is 0. The molecule has 1 aromatic carbocycles. The summed E-state index contributed by atoms with van der Waals surface area (Å²) in [5.41, 5.74) is 1.89. The molecular weight excluding hydrogens is 326 g/mol. The minimum atomic E-state index is -0.455. The summed E-state index contributed by atoms with van der Waals surface area (Å²) in [5.74, 6) is 0.417. The molecule has 1 aromatic rings. The maximum Gasteiger partial charge on any atom is 0.248 e. The van der Waals surface area contributed by atoms with Gasteiger partial charge < -0.3 is 15.5 Å². The van der Waals surface area contributed by atoms with Crippen LogP contribution in [0.3, 0.4) is 0 Å². The van der Waals surface area contributed by atoms with Gasteiger partial charge in [0.2, 0.25) is 11.8 Å². The number of carbonyl (C=O) groups excluding carboxylic acids is 2. The van der Waals surface area contributed by atoms with E-state index in [9.17, 15) is 9.59 Å². The topological polar surface area (TPSA) is 61.4 Å². The summed E-state index contributed by atoms with van der Waals surface area (Å²) in [4.78, 5) is 27.1. The van der Waals surface area contributed by atoms with E-state index in [4.69, 9.17) is 0 Å². The first kappa shape index (κ1) is 17.4. The predicted molar refractivity (Wildman–Crippen MR) is 102 cm³/mol. The second-order valence-electron chi connectivity index (χ2n) is 8.53. The minimum Gasteiger partial charge on any atom is -0.371 e. The Labute approximate surface area is 155 Å². The van der Waals surface area contributed by atoms with Gasteiger partial charge in [-0.1, -0.05) is 30.5 Å². The van der Waals surface area contributed by atoms with Crippen LogP contribution < -0.4 is 10.6 Å². The van der Waals surface area contributed by atoms with Crippen LogP contribution in [0.2, 0.25) is 0 Å². The molecule has 3 fully saturated rings. The Kier molecular flexibility index (Phi) is 4.41. The van der Waals surface area contributed by atoms with Crippen LogP contribution in [-0.2, 0) is 9.59 Å². The van der Waals surface area contributed by atoms with Crippen molar-refractivity contribution in [3.8, 4) is 0 Å². The van der Waals surface area contributed by atoms with Crippen LogP contribution in [0.25, 0.3) is 0 Å². The number of nitrogens with one attached hydrogen (secondary N) is 2. The van der Waals surface area contributed by atoms with E-state index in [0.717, 1.165) is 63.8 Å². The second-order valence-corrected chi connectivity index (χ2v) is 8.53. The molecule has 4 rings (SSSR count). The van der Waals surface area contributed by atoms with Crippen molar-refractivity contribution in [2.45, 2.75) is 57.4 Å². The van der Waals surface area contributed by atoms with Crippen LogP contribution in [0.15, 0.2) is 24.3 Å². The lowest BCUT2D eigenvalue weighted by Crippen LogP contribution is -2.55. The molecule has 1 aliphatic carbocycles. The Morgan fingerprint density at radius 2 is 1.73 bits per heavy atom. The van der Waals surface area contributed by atoms with Gasteiger partial charge in [0.05, 0.1) is 0 Å². The molecule has 0 atom stereocenters. The molecule has 0 radical (unpaired) electrons. The molecule has 2 N–H and O–H groups in total. The smallest absolute Gasteiger partial charge is 0.248 e. The summed E-state index contributed by atoms with van der Waals surface area (Å²) in [6.45, 7) is 4.39. The number of piperidine rings is 1. The van der Waals surface area contributed by atoms with Gasteiger partial charge in [-0.25, -0.2) is 0 Å². The maximum absolute atomic E-state index is 13.4. The highest BCUT2D eigenvalue weighted by atomic mass is 16.2. The van der Waals surface area contributed by atoms with E-state index < -0.39 is 5.54 Å². The molecule has 5 nitrogen and oxygen atoms in total. The average Bonchev–Trinajstić information content (AvgIpc) is 3.25. The SMILES string of the molecule is Cc1ccc(NC2(C(=O)N3CCC4(CC3)CNC(=O)C4)CCCC2)cc1. The van der Waals surface area contributed by atoms with Gasteiger partial charge in [0.25, 0.3) is 0 Å². The Bertz CT molecular complexity index is 684. The lowest BCUT2D eigenvalue weighted by atomic mass is 9.77. The number of amides is 2. The Hall–Kier alpha value is -2.04. The van der Waals surface area contributed by atoms with Gasteiger partial charge in [-0.15, -0.1) is 0 Å². The highest BCUT2D eigenvalue weighted by Gasteiger charge is 2.47. The predicted octanol–water partition coefficient (Wildman–Crippen LogP) is 2.85. The summed E-state index contributed by atoms with van der Waals surface area (Å²) in [6, 6.07) is 8.32. The van der Waals surface area contributed by atoms with Gasteiger partial charge in [-0.2, -0.15) is 0 Å². The number of benzene rings is 1. The molecule has 140 valence electrons. The zero-order valence-electron chi connectivity index (χ0n) is 15.6. The number of aryl methyl sites for hydroxylation is 1. The summed E-state index contributed by atoms with van der Waals surface area (Å²) in [6.07, 6.45) is 6.49. The van der Waals surface area contributed by atoms with Crippen molar-refractivity contribution in [2.24, 2.45) is 5.41 Å². The number of rotatable bonds is 3. The van der Waals surface area contributed by atoms with E-state index in [1.807, 2.05) is 4.90 Å². The number of hydrogen-bond donors (Lipinski definition) is 2. The molecule has 0 aromatic heterocycles. The van der Waals surface area contributed by atoms with Crippen LogP contribution >= 0.6 is 0 Å². The summed E-state index contributed by atoms with van der Waals surface area (Å²) in [7, 11) is 0. The van der Waals surface area contributed by atoms with E-state index in [0.29, 0.717) is 6.42 Å². The van der Waals surface area contributed by atoms with Gasteiger partial charge in [-0.05, 0) is 50.2 Å². The van der Waals surface area contributed by atoms with Crippen molar-refractivity contribution in [1.29, 1.82) is 0 Å². The van der Waals surface area contributed by atoms with E-state index in [1.165, 1.54) is 5.56 Å². The molecule has 2 saturated heterocycles. The number of likely N-dealkylation sites (tertiary alicyclic amines) is 1. The average molecular weight is 355 g/mol. The van der Waals surface area contributed by atoms with E-state index in [1.54, 1.807) is 0 Å². The fourth-order valence-corrected chi connectivity index (χ4v) is 4.88. The molecule has 1 saturated carbocycles. The Morgan fingerprint density at radius 1 is 1.08 bits per heavy atom. The van der Waals surface area contributed by atoms with Crippen molar-refractivity contribution >= 4 is 17.5 Å². The minimum absolute atomic E-state index is 0.0844. The number of anilines is 1. The highest BCUT2D eigenvalue weighted by molar-refractivity contribution is 5.90. The molecule has 3 aliphatic rings. The zero-order chi connectivity index (χ0) is 18.2. The Morgan fingerprint density at radius 3 is 2.31 bits per heavy atom. The monoisotopic (exact) mass is 355 g/mol. The first-order chi connectivity index (χ1) is 12.5. The molecule has 1 spiro atoms. The van der Waals surface area contributed by atoms with Crippen molar-refractivity contribution in [3.05, 3.63) is 29.8 Å². The standard InChI is InChI=1S/C21H29N3O2/c1-16-4-6-17(7-5-16)23-21(8-2-3-9-21)19(26)24-12-10-20(11-13-24)14-18(25)22-15-20/h4-7,23H,2-3,8-15H2,1H3,(H,22,25). The second kappa shape index (κ2) is 6.60. The molecule has 5 heteroatoms. The fourth-order valence-electron chi connectivity index (χ4n) is 4.88. The van der Waals surface area contributed by atoms with Crippen molar-refractivity contribution in [3.63, 3.8) is 0 Å². The molecule has 26 heavy (non-hydrogen) atoms. The largest absolute Gasteiger partial charge is 0.371 e. The van der Waals surface area contributed by atoms with Gasteiger partial charge in [-0.3, -0.25) is 9.59 Å². The molecule has 0 bridgehead atoms. The van der Waals surface area contributed by atoms with Crippen LogP contribution in [0.4, 0.5) is 5.69 Å². The molecule has 2 heterocycles. The van der Waals surface area contributed by atoms with Gasteiger partial charge in [0.1, 0.15) is 5.54 Å². The number of carbonyl (C=O) groups is 2.